The van der Waals surface area contributed by atoms with Crippen molar-refractivity contribution < 1.29 is 19.0 Å². The lowest BCUT2D eigenvalue weighted by molar-refractivity contribution is -0.0234. The van der Waals surface area contributed by atoms with Gasteiger partial charge in [0.15, 0.2) is 0 Å². The van der Waals surface area contributed by atoms with E-state index in [4.69, 9.17) is 14.2 Å². The number of rotatable bonds is 3. The standard InChI is InChI=1S/C13H23NO4/c1-13(2,3)18-12(15)14-6-4-5-10(7-14)16-8-11-9-17-11/h10-11H,4-9H2,1-3H3/t10-,11+/m1/s1. The highest BCUT2D eigenvalue weighted by Gasteiger charge is 2.30. The summed E-state index contributed by atoms with van der Waals surface area (Å²) in [5, 5.41) is 0. The largest absolute Gasteiger partial charge is 0.444 e. The van der Waals surface area contributed by atoms with Crippen molar-refractivity contribution in [3.63, 3.8) is 0 Å². The summed E-state index contributed by atoms with van der Waals surface area (Å²) in [6.45, 7) is 8.49. The van der Waals surface area contributed by atoms with Crippen LogP contribution in [-0.2, 0) is 14.2 Å². The fourth-order valence-corrected chi connectivity index (χ4v) is 1.97. The normalized spacial score (nSPS) is 28.1. The molecule has 0 N–H and O–H groups in total. The smallest absolute Gasteiger partial charge is 0.410 e. The van der Waals surface area contributed by atoms with Crippen molar-refractivity contribution in [1.82, 2.24) is 4.90 Å². The number of likely N-dealkylation sites (tertiary alicyclic amines) is 1. The Labute approximate surface area is 108 Å². The van der Waals surface area contributed by atoms with E-state index >= 15 is 0 Å². The van der Waals surface area contributed by atoms with E-state index in [1.165, 1.54) is 0 Å². The Morgan fingerprint density at radius 3 is 2.78 bits per heavy atom. The van der Waals surface area contributed by atoms with E-state index in [-0.39, 0.29) is 18.3 Å². The first-order chi connectivity index (χ1) is 8.44. The van der Waals surface area contributed by atoms with Gasteiger partial charge in [0.25, 0.3) is 0 Å². The molecule has 2 fully saturated rings. The lowest BCUT2D eigenvalue weighted by Crippen LogP contribution is -2.45. The Bertz CT molecular complexity index is 296. The van der Waals surface area contributed by atoms with Gasteiger partial charge in [-0.15, -0.1) is 0 Å². The van der Waals surface area contributed by atoms with Crippen LogP contribution in [0.25, 0.3) is 0 Å². The van der Waals surface area contributed by atoms with Gasteiger partial charge in [-0.05, 0) is 33.6 Å². The number of carbonyl (C=O) groups is 1. The van der Waals surface area contributed by atoms with Crippen LogP contribution in [-0.4, -0.2) is 55.1 Å². The predicted molar refractivity (Wildman–Crippen MR) is 66.5 cm³/mol. The minimum atomic E-state index is -0.438. The molecule has 104 valence electrons. The first-order valence-electron chi connectivity index (χ1n) is 6.65. The number of hydrogen-bond acceptors (Lipinski definition) is 4. The molecule has 0 radical (unpaired) electrons. The van der Waals surface area contributed by atoms with Gasteiger partial charge >= 0.3 is 6.09 Å². The maximum atomic E-state index is 11.9. The molecule has 5 heteroatoms. The average Bonchev–Trinajstić information content (AvgIpc) is 3.08. The molecule has 5 nitrogen and oxygen atoms in total. The summed E-state index contributed by atoms with van der Waals surface area (Å²) < 4.78 is 16.2. The molecule has 2 aliphatic rings. The third-order valence-corrected chi connectivity index (χ3v) is 2.95. The van der Waals surface area contributed by atoms with E-state index in [0.717, 1.165) is 26.0 Å². The van der Waals surface area contributed by atoms with E-state index in [9.17, 15) is 4.79 Å². The van der Waals surface area contributed by atoms with Gasteiger partial charge in [0.05, 0.1) is 25.9 Å². The number of ether oxygens (including phenoxy) is 3. The average molecular weight is 257 g/mol. The molecule has 2 aliphatic heterocycles. The van der Waals surface area contributed by atoms with E-state index < -0.39 is 5.60 Å². The molecular formula is C13H23NO4. The molecule has 2 atom stereocenters. The molecule has 2 heterocycles. The summed E-state index contributed by atoms with van der Waals surface area (Å²) >= 11 is 0. The van der Waals surface area contributed by atoms with E-state index in [2.05, 4.69) is 0 Å². The van der Waals surface area contributed by atoms with Crippen LogP contribution in [0.3, 0.4) is 0 Å². The number of hydrogen-bond donors (Lipinski definition) is 0. The van der Waals surface area contributed by atoms with E-state index in [1.807, 2.05) is 20.8 Å². The number of carbonyl (C=O) groups excluding carboxylic acids is 1. The highest BCUT2D eigenvalue weighted by molar-refractivity contribution is 5.68. The zero-order chi connectivity index (χ0) is 13.2. The zero-order valence-electron chi connectivity index (χ0n) is 11.5. The topological polar surface area (TPSA) is 51.3 Å². The van der Waals surface area contributed by atoms with Crippen LogP contribution in [0.15, 0.2) is 0 Å². The third-order valence-electron chi connectivity index (χ3n) is 2.95. The Morgan fingerprint density at radius 2 is 2.17 bits per heavy atom. The maximum absolute atomic E-state index is 11.9. The van der Waals surface area contributed by atoms with E-state index in [1.54, 1.807) is 4.90 Å². The van der Waals surface area contributed by atoms with Crippen LogP contribution < -0.4 is 0 Å². The summed E-state index contributed by atoms with van der Waals surface area (Å²) in [6, 6.07) is 0. The Hall–Kier alpha value is -0.810. The van der Waals surface area contributed by atoms with Crippen LogP contribution in [0, 0.1) is 0 Å². The third kappa shape index (κ3) is 4.46. The first-order valence-corrected chi connectivity index (χ1v) is 6.65. The number of piperidine rings is 1. The van der Waals surface area contributed by atoms with Gasteiger partial charge < -0.3 is 19.1 Å². The van der Waals surface area contributed by atoms with Crippen LogP contribution >= 0.6 is 0 Å². The fourth-order valence-electron chi connectivity index (χ4n) is 1.97. The van der Waals surface area contributed by atoms with Crippen molar-refractivity contribution in [1.29, 1.82) is 0 Å². The molecule has 0 aromatic carbocycles. The molecular weight excluding hydrogens is 234 g/mol. The van der Waals surface area contributed by atoms with Crippen LogP contribution in [0.5, 0.6) is 0 Å². The van der Waals surface area contributed by atoms with Crippen molar-refractivity contribution >= 4 is 6.09 Å². The fraction of sp³-hybridized carbons (Fsp3) is 0.923. The van der Waals surface area contributed by atoms with Crippen LogP contribution in [0.2, 0.25) is 0 Å². The minimum Gasteiger partial charge on any atom is -0.444 e. The molecule has 18 heavy (non-hydrogen) atoms. The summed E-state index contributed by atoms with van der Waals surface area (Å²) in [5.74, 6) is 0. The summed E-state index contributed by atoms with van der Waals surface area (Å²) in [5.41, 5.74) is -0.438. The molecule has 0 aliphatic carbocycles. The molecule has 0 aromatic rings. The van der Waals surface area contributed by atoms with E-state index in [0.29, 0.717) is 13.2 Å². The van der Waals surface area contributed by atoms with Gasteiger partial charge in [-0.1, -0.05) is 0 Å². The molecule has 0 spiro atoms. The molecule has 0 bridgehead atoms. The zero-order valence-corrected chi connectivity index (χ0v) is 11.5. The van der Waals surface area contributed by atoms with Crippen molar-refractivity contribution in [2.75, 3.05) is 26.3 Å². The SMILES string of the molecule is CC(C)(C)OC(=O)N1CCC[C@@H](OC[C@H]2CO2)C1. The van der Waals surface area contributed by atoms with Crippen molar-refractivity contribution in [2.45, 2.75) is 51.4 Å². The Balaban J connectivity index is 1.76. The highest BCUT2D eigenvalue weighted by Crippen LogP contribution is 2.18. The molecule has 1 amide bonds. The molecule has 0 aromatic heterocycles. The van der Waals surface area contributed by atoms with Crippen molar-refractivity contribution in [2.24, 2.45) is 0 Å². The second-order valence-corrected chi connectivity index (χ2v) is 5.98. The number of epoxide rings is 1. The lowest BCUT2D eigenvalue weighted by atomic mass is 10.1. The van der Waals surface area contributed by atoms with Gasteiger partial charge in [0.1, 0.15) is 11.7 Å². The van der Waals surface area contributed by atoms with Crippen molar-refractivity contribution in [3.8, 4) is 0 Å². The second kappa shape index (κ2) is 5.45. The van der Waals surface area contributed by atoms with Gasteiger partial charge in [-0.2, -0.15) is 0 Å². The lowest BCUT2D eigenvalue weighted by Gasteiger charge is -2.33. The number of amides is 1. The maximum Gasteiger partial charge on any atom is 0.410 e. The van der Waals surface area contributed by atoms with Gasteiger partial charge in [0.2, 0.25) is 0 Å². The first kappa shape index (κ1) is 13.6. The monoisotopic (exact) mass is 257 g/mol. The predicted octanol–water partition coefficient (Wildman–Crippen LogP) is 1.80. The van der Waals surface area contributed by atoms with Gasteiger partial charge in [-0.3, -0.25) is 0 Å². The molecule has 0 saturated carbocycles. The van der Waals surface area contributed by atoms with Gasteiger partial charge in [0, 0.05) is 6.54 Å². The van der Waals surface area contributed by atoms with Gasteiger partial charge in [-0.25, -0.2) is 4.79 Å². The highest BCUT2D eigenvalue weighted by atomic mass is 16.6. The molecule has 2 saturated heterocycles. The molecule has 2 rings (SSSR count). The summed E-state index contributed by atoms with van der Waals surface area (Å²) in [7, 11) is 0. The Kier molecular flexibility index (Phi) is 4.12. The second-order valence-electron chi connectivity index (χ2n) is 5.98. The molecule has 0 unspecified atom stereocenters. The van der Waals surface area contributed by atoms with Crippen molar-refractivity contribution in [3.05, 3.63) is 0 Å². The quantitative estimate of drug-likeness (QED) is 0.723. The summed E-state index contributed by atoms with van der Waals surface area (Å²) in [4.78, 5) is 13.7. The van der Waals surface area contributed by atoms with Crippen LogP contribution in [0.1, 0.15) is 33.6 Å². The summed E-state index contributed by atoms with van der Waals surface area (Å²) in [6.07, 6.45) is 2.14. The Morgan fingerprint density at radius 1 is 1.44 bits per heavy atom. The minimum absolute atomic E-state index is 0.121. The van der Waals surface area contributed by atoms with Crippen LogP contribution in [0.4, 0.5) is 4.79 Å². The number of nitrogens with zero attached hydrogens (tertiary/aromatic N) is 1.